The van der Waals surface area contributed by atoms with E-state index in [4.69, 9.17) is 4.74 Å². The Morgan fingerprint density at radius 3 is 2.63 bits per heavy atom. The van der Waals surface area contributed by atoms with Gasteiger partial charge < -0.3 is 4.74 Å². The molecule has 0 fully saturated rings. The van der Waals surface area contributed by atoms with Crippen LogP contribution in [0.1, 0.15) is 37.8 Å². The van der Waals surface area contributed by atoms with Crippen LogP contribution in [0.3, 0.4) is 0 Å². The van der Waals surface area contributed by atoms with E-state index < -0.39 is 0 Å². The van der Waals surface area contributed by atoms with Crippen molar-refractivity contribution in [3.05, 3.63) is 66.4 Å². The molecule has 1 unspecified atom stereocenters. The lowest BCUT2D eigenvalue weighted by Gasteiger charge is -2.14. The number of fused-ring (bicyclic) bond motifs is 1. The fourth-order valence-corrected chi connectivity index (χ4v) is 3.53. The van der Waals surface area contributed by atoms with Crippen molar-refractivity contribution in [2.24, 2.45) is 5.92 Å². The number of ether oxygens (including phenoxy) is 1. The summed E-state index contributed by atoms with van der Waals surface area (Å²) < 4.78 is 7.38. The minimum atomic E-state index is -0.337. The van der Waals surface area contributed by atoms with Crippen LogP contribution in [0.25, 0.3) is 22.3 Å². The zero-order chi connectivity index (χ0) is 21.1. The van der Waals surface area contributed by atoms with Gasteiger partial charge in [0, 0.05) is 23.3 Å². The van der Waals surface area contributed by atoms with Crippen molar-refractivity contribution >= 4 is 17.0 Å². The van der Waals surface area contributed by atoms with Crippen LogP contribution in [0.15, 0.2) is 55.2 Å². The lowest BCUT2D eigenvalue weighted by Crippen LogP contribution is -2.15. The van der Waals surface area contributed by atoms with E-state index in [1.165, 1.54) is 11.9 Å². The Morgan fingerprint density at radius 1 is 1.13 bits per heavy atom. The predicted molar refractivity (Wildman–Crippen MR) is 115 cm³/mol. The second-order valence-electron chi connectivity index (χ2n) is 7.89. The maximum atomic E-state index is 12.6. The molecule has 7 heteroatoms. The molecule has 0 spiro atoms. The van der Waals surface area contributed by atoms with Crippen LogP contribution in [-0.2, 0) is 22.7 Å². The van der Waals surface area contributed by atoms with E-state index in [0.717, 1.165) is 28.6 Å². The Balaban J connectivity index is 1.45. The molecule has 4 aromatic rings. The van der Waals surface area contributed by atoms with E-state index in [1.54, 1.807) is 17.0 Å². The zero-order valence-electron chi connectivity index (χ0n) is 17.4. The van der Waals surface area contributed by atoms with Gasteiger partial charge in [-0.05, 0) is 36.5 Å². The minimum Gasteiger partial charge on any atom is -0.443 e. The van der Waals surface area contributed by atoms with Gasteiger partial charge in [-0.15, -0.1) is 0 Å². The Hall–Kier alpha value is -3.48. The molecule has 3 heterocycles. The molecule has 1 N–H and O–H groups in total. The highest BCUT2D eigenvalue weighted by Gasteiger charge is 2.18. The van der Waals surface area contributed by atoms with Crippen LogP contribution >= 0.6 is 0 Å². The van der Waals surface area contributed by atoms with Crippen molar-refractivity contribution < 1.29 is 9.53 Å². The summed E-state index contributed by atoms with van der Waals surface area (Å²) in [7, 11) is 0. The van der Waals surface area contributed by atoms with Gasteiger partial charge in [-0.2, -0.15) is 5.10 Å². The second-order valence-corrected chi connectivity index (χ2v) is 7.89. The maximum absolute atomic E-state index is 12.6. The minimum absolute atomic E-state index is 0.0972. The smallest absolute Gasteiger partial charge is 0.314 e. The molecule has 3 aromatic heterocycles. The highest BCUT2D eigenvalue weighted by atomic mass is 16.5. The van der Waals surface area contributed by atoms with Gasteiger partial charge in [0.1, 0.15) is 12.0 Å². The number of rotatable bonds is 7. The fraction of sp³-hybridized carbons (Fsp3) is 0.304. The maximum Gasteiger partial charge on any atom is 0.314 e. The van der Waals surface area contributed by atoms with Gasteiger partial charge in [-0.25, -0.2) is 9.97 Å². The molecule has 0 aliphatic carbocycles. The molecule has 0 aliphatic heterocycles. The lowest BCUT2D eigenvalue weighted by molar-refractivity contribution is -0.148. The standard InChI is InChI=1S/C23H25N5O2/c1-15(2)10-17-4-6-18(7-5-17)16(3)23(29)30-14-28-9-8-20-21(19-11-26-27-12-19)24-13-25-22(20)28/h4-9,11-13,15-16H,10,14H2,1-3H3,(H,26,27). The molecule has 0 radical (unpaired) electrons. The number of aromatic nitrogens is 5. The number of hydrogen-bond acceptors (Lipinski definition) is 5. The first-order valence-electron chi connectivity index (χ1n) is 10.1. The number of nitrogens with zero attached hydrogens (tertiary/aromatic N) is 4. The molecule has 1 aromatic carbocycles. The van der Waals surface area contributed by atoms with Gasteiger partial charge >= 0.3 is 5.97 Å². The molecule has 0 bridgehead atoms. The van der Waals surface area contributed by atoms with Gasteiger partial charge in [0.05, 0.1) is 17.8 Å². The Bertz CT molecular complexity index is 1130. The number of carbonyl (C=O) groups is 1. The molecule has 154 valence electrons. The Labute approximate surface area is 175 Å². The molecular formula is C23H25N5O2. The third kappa shape index (κ3) is 4.10. The van der Waals surface area contributed by atoms with E-state index in [9.17, 15) is 4.79 Å². The largest absolute Gasteiger partial charge is 0.443 e. The summed E-state index contributed by atoms with van der Waals surface area (Å²) >= 11 is 0. The zero-order valence-corrected chi connectivity index (χ0v) is 17.4. The van der Waals surface area contributed by atoms with Gasteiger partial charge in [0.15, 0.2) is 6.73 Å². The van der Waals surface area contributed by atoms with Gasteiger partial charge in [-0.3, -0.25) is 14.5 Å². The van der Waals surface area contributed by atoms with Crippen LogP contribution in [0.4, 0.5) is 0 Å². The summed E-state index contributed by atoms with van der Waals surface area (Å²) in [5.41, 5.74) is 4.61. The van der Waals surface area contributed by atoms with E-state index in [1.807, 2.05) is 31.3 Å². The summed E-state index contributed by atoms with van der Waals surface area (Å²) in [6, 6.07) is 10.1. The molecule has 0 aliphatic rings. The van der Waals surface area contributed by atoms with E-state index in [-0.39, 0.29) is 18.6 Å². The summed E-state index contributed by atoms with van der Waals surface area (Å²) in [5.74, 6) is 0.00100. The summed E-state index contributed by atoms with van der Waals surface area (Å²) in [4.78, 5) is 21.3. The van der Waals surface area contributed by atoms with Crippen LogP contribution in [0.5, 0.6) is 0 Å². The molecule has 0 saturated carbocycles. The number of benzene rings is 1. The monoisotopic (exact) mass is 403 g/mol. The average molecular weight is 403 g/mol. The SMILES string of the molecule is CC(C)Cc1ccc(C(C)C(=O)OCn2ccc3c(-c4cn[nH]c4)ncnc32)cc1. The van der Waals surface area contributed by atoms with Gasteiger partial charge in [0.2, 0.25) is 0 Å². The van der Waals surface area contributed by atoms with Crippen molar-refractivity contribution in [1.82, 2.24) is 24.7 Å². The second kappa shape index (κ2) is 8.49. The van der Waals surface area contributed by atoms with Gasteiger partial charge in [-0.1, -0.05) is 38.1 Å². The number of aromatic amines is 1. The summed E-state index contributed by atoms with van der Waals surface area (Å²) in [5, 5.41) is 7.65. The Kier molecular flexibility index (Phi) is 5.61. The van der Waals surface area contributed by atoms with Crippen molar-refractivity contribution in [3.8, 4) is 11.3 Å². The molecule has 30 heavy (non-hydrogen) atoms. The Morgan fingerprint density at radius 2 is 1.93 bits per heavy atom. The number of H-pyrrole nitrogens is 1. The van der Waals surface area contributed by atoms with E-state index in [0.29, 0.717) is 11.6 Å². The van der Waals surface area contributed by atoms with E-state index in [2.05, 4.69) is 46.1 Å². The molecule has 1 atom stereocenters. The van der Waals surface area contributed by atoms with Gasteiger partial charge in [0.25, 0.3) is 0 Å². The van der Waals surface area contributed by atoms with Crippen molar-refractivity contribution in [2.75, 3.05) is 0 Å². The summed E-state index contributed by atoms with van der Waals surface area (Å²) in [6.45, 7) is 6.36. The molecular weight excluding hydrogens is 378 g/mol. The number of esters is 1. The van der Waals surface area contributed by atoms with Crippen molar-refractivity contribution in [2.45, 2.75) is 39.8 Å². The van der Waals surface area contributed by atoms with Crippen LogP contribution in [0, 0.1) is 5.92 Å². The van der Waals surface area contributed by atoms with Crippen LogP contribution in [0.2, 0.25) is 0 Å². The lowest BCUT2D eigenvalue weighted by atomic mass is 9.97. The van der Waals surface area contributed by atoms with Crippen molar-refractivity contribution in [3.63, 3.8) is 0 Å². The molecule has 0 amide bonds. The first kappa shape index (κ1) is 19.8. The fourth-order valence-electron chi connectivity index (χ4n) is 3.53. The quantitative estimate of drug-likeness (QED) is 0.464. The topological polar surface area (TPSA) is 85.7 Å². The molecule has 0 saturated heterocycles. The first-order chi connectivity index (χ1) is 14.5. The number of nitrogens with one attached hydrogen (secondary N) is 1. The molecule has 4 rings (SSSR count). The van der Waals surface area contributed by atoms with Crippen LogP contribution < -0.4 is 0 Å². The number of carbonyl (C=O) groups excluding carboxylic acids is 1. The predicted octanol–water partition coefficient (Wildman–Crippen LogP) is 4.32. The highest BCUT2D eigenvalue weighted by molar-refractivity contribution is 5.90. The molecule has 7 nitrogen and oxygen atoms in total. The van der Waals surface area contributed by atoms with Crippen LogP contribution in [-0.4, -0.2) is 30.7 Å². The van der Waals surface area contributed by atoms with Crippen molar-refractivity contribution in [1.29, 1.82) is 0 Å². The summed E-state index contributed by atoms with van der Waals surface area (Å²) in [6.07, 6.45) is 7.88. The normalized spacial score (nSPS) is 12.4. The average Bonchev–Trinajstić information content (AvgIpc) is 3.41. The first-order valence-corrected chi connectivity index (χ1v) is 10.1. The number of hydrogen-bond donors (Lipinski definition) is 1. The highest BCUT2D eigenvalue weighted by Crippen LogP contribution is 2.25. The third-order valence-electron chi connectivity index (χ3n) is 5.15. The third-order valence-corrected chi connectivity index (χ3v) is 5.15. The van der Waals surface area contributed by atoms with E-state index >= 15 is 0 Å².